The van der Waals surface area contributed by atoms with Gasteiger partial charge in [0.1, 0.15) is 18.7 Å². The summed E-state index contributed by atoms with van der Waals surface area (Å²) in [7, 11) is 1.88. The summed E-state index contributed by atoms with van der Waals surface area (Å²) in [5.74, 6) is 1.76. The predicted molar refractivity (Wildman–Crippen MR) is 83.8 cm³/mol. The summed E-state index contributed by atoms with van der Waals surface area (Å²) < 4.78 is 7.58. The predicted octanol–water partition coefficient (Wildman–Crippen LogP) is 2.47. The zero-order valence-corrected chi connectivity index (χ0v) is 13.4. The molecule has 0 saturated carbocycles. The molecule has 1 N–H and O–H groups in total. The SMILES string of the molecule is CC(C)c1ccccc1OCC(O)CSc1nncn1C. The summed E-state index contributed by atoms with van der Waals surface area (Å²) >= 11 is 1.47. The van der Waals surface area contributed by atoms with Gasteiger partial charge in [-0.1, -0.05) is 43.8 Å². The van der Waals surface area contributed by atoms with E-state index in [9.17, 15) is 5.11 Å². The molecule has 114 valence electrons. The summed E-state index contributed by atoms with van der Waals surface area (Å²) in [6, 6.07) is 7.95. The highest BCUT2D eigenvalue weighted by Gasteiger charge is 2.11. The van der Waals surface area contributed by atoms with Crippen molar-refractivity contribution in [2.75, 3.05) is 12.4 Å². The van der Waals surface area contributed by atoms with Crippen molar-refractivity contribution >= 4 is 11.8 Å². The van der Waals surface area contributed by atoms with Gasteiger partial charge in [0.2, 0.25) is 0 Å². The molecule has 0 bridgehead atoms. The van der Waals surface area contributed by atoms with Gasteiger partial charge < -0.3 is 14.4 Å². The van der Waals surface area contributed by atoms with Gasteiger partial charge in [-0.05, 0) is 17.5 Å². The number of hydrogen-bond donors (Lipinski definition) is 1. The summed E-state index contributed by atoms with van der Waals surface area (Å²) in [4.78, 5) is 0. The Balaban J connectivity index is 1.84. The minimum Gasteiger partial charge on any atom is -0.491 e. The van der Waals surface area contributed by atoms with Crippen LogP contribution in [0.4, 0.5) is 0 Å². The molecule has 1 aromatic heterocycles. The molecule has 2 aromatic rings. The van der Waals surface area contributed by atoms with Gasteiger partial charge in [0.25, 0.3) is 0 Å². The fraction of sp³-hybridized carbons (Fsp3) is 0.467. The van der Waals surface area contributed by atoms with Crippen LogP contribution in [0.5, 0.6) is 5.75 Å². The number of thioether (sulfide) groups is 1. The lowest BCUT2D eigenvalue weighted by molar-refractivity contribution is 0.125. The van der Waals surface area contributed by atoms with Crippen molar-refractivity contribution in [1.82, 2.24) is 14.8 Å². The van der Waals surface area contributed by atoms with E-state index in [1.54, 1.807) is 6.33 Å². The maximum absolute atomic E-state index is 10.0. The number of nitrogens with zero attached hydrogens (tertiary/aromatic N) is 3. The zero-order chi connectivity index (χ0) is 15.2. The maximum atomic E-state index is 10.0. The molecule has 5 nitrogen and oxygen atoms in total. The minimum absolute atomic E-state index is 0.272. The first-order valence-electron chi connectivity index (χ1n) is 6.94. The van der Waals surface area contributed by atoms with Crippen molar-refractivity contribution in [2.45, 2.75) is 31.0 Å². The van der Waals surface area contributed by atoms with E-state index in [0.29, 0.717) is 11.7 Å². The van der Waals surface area contributed by atoms with E-state index in [1.807, 2.05) is 29.8 Å². The van der Waals surface area contributed by atoms with Gasteiger partial charge >= 0.3 is 0 Å². The van der Waals surface area contributed by atoms with Gasteiger partial charge in [-0.25, -0.2) is 0 Å². The molecule has 2 rings (SSSR count). The van der Waals surface area contributed by atoms with E-state index in [4.69, 9.17) is 4.74 Å². The van der Waals surface area contributed by atoms with Crippen molar-refractivity contribution in [1.29, 1.82) is 0 Å². The van der Waals surface area contributed by atoms with Crippen molar-refractivity contribution in [2.24, 2.45) is 7.05 Å². The van der Waals surface area contributed by atoms with Gasteiger partial charge in [0, 0.05) is 12.8 Å². The number of aliphatic hydroxyl groups is 1. The van der Waals surface area contributed by atoms with Gasteiger partial charge in [-0.2, -0.15) is 0 Å². The van der Waals surface area contributed by atoms with Crippen LogP contribution in [0.15, 0.2) is 35.7 Å². The van der Waals surface area contributed by atoms with Crippen molar-refractivity contribution < 1.29 is 9.84 Å². The highest BCUT2D eigenvalue weighted by Crippen LogP contribution is 2.26. The molecule has 0 aliphatic heterocycles. The number of para-hydroxylation sites is 1. The van der Waals surface area contributed by atoms with Crippen LogP contribution in [-0.2, 0) is 7.05 Å². The van der Waals surface area contributed by atoms with Gasteiger partial charge in [0.05, 0.1) is 6.10 Å². The highest BCUT2D eigenvalue weighted by atomic mass is 32.2. The van der Waals surface area contributed by atoms with E-state index < -0.39 is 6.10 Å². The van der Waals surface area contributed by atoms with Gasteiger partial charge in [0.15, 0.2) is 5.16 Å². The summed E-state index contributed by atoms with van der Waals surface area (Å²) in [5, 5.41) is 18.6. The van der Waals surface area contributed by atoms with Crippen LogP contribution in [0.2, 0.25) is 0 Å². The number of benzene rings is 1. The topological polar surface area (TPSA) is 60.2 Å². The first kappa shape index (κ1) is 15.9. The molecule has 0 fully saturated rings. The largest absolute Gasteiger partial charge is 0.491 e. The third-order valence-corrected chi connectivity index (χ3v) is 4.23. The Kier molecular flexibility index (Phi) is 5.64. The van der Waals surface area contributed by atoms with Crippen LogP contribution < -0.4 is 4.74 Å². The minimum atomic E-state index is -0.549. The van der Waals surface area contributed by atoms with Crippen LogP contribution in [0.3, 0.4) is 0 Å². The lowest BCUT2D eigenvalue weighted by atomic mass is 10.0. The molecule has 1 heterocycles. The lowest BCUT2D eigenvalue weighted by Crippen LogP contribution is -2.20. The molecule has 1 unspecified atom stereocenters. The van der Waals surface area contributed by atoms with Crippen LogP contribution in [0, 0.1) is 0 Å². The molecule has 0 spiro atoms. The fourth-order valence-electron chi connectivity index (χ4n) is 1.90. The van der Waals surface area contributed by atoms with Crippen LogP contribution in [-0.4, -0.2) is 38.3 Å². The Morgan fingerprint density at radius 3 is 2.76 bits per heavy atom. The van der Waals surface area contributed by atoms with Gasteiger partial charge in [-0.3, -0.25) is 0 Å². The first-order valence-corrected chi connectivity index (χ1v) is 7.93. The van der Waals surface area contributed by atoms with Crippen molar-refractivity contribution in [3.8, 4) is 5.75 Å². The number of aliphatic hydroxyl groups excluding tert-OH is 1. The molecule has 0 radical (unpaired) electrons. The van der Waals surface area contributed by atoms with Crippen LogP contribution in [0.1, 0.15) is 25.3 Å². The second kappa shape index (κ2) is 7.47. The molecule has 0 saturated heterocycles. The molecule has 0 amide bonds. The van der Waals surface area contributed by atoms with Crippen molar-refractivity contribution in [3.63, 3.8) is 0 Å². The molecular weight excluding hydrogens is 286 g/mol. The fourth-order valence-corrected chi connectivity index (χ4v) is 2.69. The standard InChI is InChI=1S/C15H21N3O2S/c1-11(2)13-6-4-5-7-14(13)20-8-12(19)9-21-15-17-16-10-18(15)3/h4-7,10-12,19H,8-9H2,1-3H3. The van der Waals surface area contributed by atoms with E-state index in [0.717, 1.165) is 16.5 Å². The Hall–Kier alpha value is -1.53. The second-order valence-corrected chi connectivity index (χ2v) is 6.18. The molecule has 1 aromatic carbocycles. The third kappa shape index (κ3) is 4.47. The van der Waals surface area contributed by atoms with Gasteiger partial charge in [-0.15, -0.1) is 10.2 Å². The quantitative estimate of drug-likeness (QED) is 0.796. The molecule has 0 aliphatic rings. The molecule has 21 heavy (non-hydrogen) atoms. The number of aryl methyl sites for hydroxylation is 1. The lowest BCUT2D eigenvalue weighted by Gasteiger charge is -2.16. The number of rotatable bonds is 7. The summed E-state index contributed by atoms with van der Waals surface area (Å²) in [5.41, 5.74) is 1.16. The Bertz CT molecular complexity index is 572. The summed E-state index contributed by atoms with van der Waals surface area (Å²) in [6.07, 6.45) is 1.09. The number of hydrogen-bond acceptors (Lipinski definition) is 5. The maximum Gasteiger partial charge on any atom is 0.190 e. The van der Waals surface area contributed by atoms with E-state index in [-0.39, 0.29) is 6.61 Å². The monoisotopic (exact) mass is 307 g/mol. The summed E-state index contributed by atoms with van der Waals surface area (Å²) in [6.45, 7) is 4.53. The van der Waals surface area contributed by atoms with E-state index in [2.05, 4.69) is 30.1 Å². The first-order chi connectivity index (χ1) is 10.1. The normalized spacial score (nSPS) is 12.6. The molecule has 1 atom stereocenters. The Morgan fingerprint density at radius 2 is 2.10 bits per heavy atom. The molecular formula is C15H21N3O2S. The average Bonchev–Trinajstić information content (AvgIpc) is 2.88. The Labute approximate surface area is 129 Å². The Morgan fingerprint density at radius 1 is 1.33 bits per heavy atom. The van der Waals surface area contributed by atoms with E-state index >= 15 is 0 Å². The highest BCUT2D eigenvalue weighted by molar-refractivity contribution is 7.99. The van der Waals surface area contributed by atoms with Crippen LogP contribution in [0.25, 0.3) is 0 Å². The van der Waals surface area contributed by atoms with Crippen molar-refractivity contribution in [3.05, 3.63) is 36.2 Å². The second-order valence-electron chi connectivity index (χ2n) is 5.19. The third-order valence-electron chi connectivity index (χ3n) is 3.05. The van der Waals surface area contributed by atoms with Crippen LogP contribution >= 0.6 is 11.8 Å². The number of aromatic nitrogens is 3. The average molecular weight is 307 g/mol. The zero-order valence-electron chi connectivity index (χ0n) is 12.6. The number of ether oxygens (including phenoxy) is 1. The molecule has 6 heteroatoms. The molecule has 0 aliphatic carbocycles. The smallest absolute Gasteiger partial charge is 0.190 e. The van der Waals surface area contributed by atoms with E-state index in [1.165, 1.54) is 11.8 Å².